The highest BCUT2D eigenvalue weighted by atomic mass is 35.5. The minimum Gasteiger partial charge on any atom is -0.349 e. The lowest BCUT2D eigenvalue weighted by Crippen LogP contribution is -2.48. The van der Waals surface area contributed by atoms with Gasteiger partial charge in [-0.15, -0.1) is 11.8 Å². The van der Waals surface area contributed by atoms with Crippen LogP contribution in [0.25, 0.3) is 0 Å². The molecule has 2 aliphatic heterocycles. The molecule has 2 unspecified atom stereocenters. The first-order valence-corrected chi connectivity index (χ1v) is 8.66. The molecule has 1 amide bonds. The van der Waals surface area contributed by atoms with Gasteiger partial charge in [-0.1, -0.05) is 11.6 Å². The smallest absolute Gasteiger partial charge is 0.253 e. The van der Waals surface area contributed by atoms with Crippen molar-refractivity contribution in [3.05, 3.63) is 28.8 Å². The van der Waals surface area contributed by atoms with Crippen molar-refractivity contribution in [1.82, 2.24) is 10.6 Å². The standard InChI is InChI=1S/C15H19ClN2OS/c1-20-12-4-5-14(16)13(8-12)15(19)18-11-6-9-2-3-10(7-11)17-9/h4-5,8-11,17H,2-3,6-7H2,1H3,(H,18,19). The number of nitrogens with one attached hydrogen (secondary N) is 2. The van der Waals surface area contributed by atoms with Gasteiger partial charge in [0.25, 0.3) is 5.91 Å². The predicted molar refractivity (Wildman–Crippen MR) is 83.7 cm³/mol. The molecule has 2 N–H and O–H groups in total. The average molecular weight is 311 g/mol. The van der Waals surface area contributed by atoms with Crippen molar-refractivity contribution in [2.75, 3.05) is 6.26 Å². The Morgan fingerprint density at radius 2 is 2.05 bits per heavy atom. The maximum Gasteiger partial charge on any atom is 0.253 e. The van der Waals surface area contributed by atoms with E-state index in [2.05, 4.69) is 10.6 Å². The largest absolute Gasteiger partial charge is 0.349 e. The van der Waals surface area contributed by atoms with Crippen LogP contribution in [0.2, 0.25) is 5.02 Å². The number of carbonyl (C=O) groups is 1. The molecule has 0 radical (unpaired) electrons. The number of rotatable bonds is 3. The highest BCUT2D eigenvalue weighted by Gasteiger charge is 2.34. The maximum absolute atomic E-state index is 12.4. The molecule has 3 rings (SSSR count). The zero-order valence-corrected chi connectivity index (χ0v) is 13.1. The van der Waals surface area contributed by atoms with Gasteiger partial charge in [-0.05, 0) is 50.1 Å². The third kappa shape index (κ3) is 2.97. The first kappa shape index (κ1) is 14.2. The SMILES string of the molecule is CSc1ccc(Cl)c(C(=O)NC2CC3CCC(C2)N3)c1. The number of benzene rings is 1. The van der Waals surface area contributed by atoms with Crippen LogP contribution >= 0.6 is 23.4 Å². The van der Waals surface area contributed by atoms with Crippen molar-refractivity contribution in [3.63, 3.8) is 0 Å². The highest BCUT2D eigenvalue weighted by molar-refractivity contribution is 7.98. The second-order valence-electron chi connectivity index (χ2n) is 5.63. The van der Waals surface area contributed by atoms with Crippen LogP contribution in [0.3, 0.4) is 0 Å². The number of hydrogen-bond acceptors (Lipinski definition) is 3. The van der Waals surface area contributed by atoms with Crippen LogP contribution in [-0.4, -0.2) is 30.3 Å². The van der Waals surface area contributed by atoms with Crippen molar-refractivity contribution in [2.24, 2.45) is 0 Å². The van der Waals surface area contributed by atoms with Gasteiger partial charge in [0.05, 0.1) is 10.6 Å². The normalized spacial score (nSPS) is 28.4. The van der Waals surface area contributed by atoms with E-state index in [-0.39, 0.29) is 11.9 Å². The molecule has 1 aromatic rings. The summed E-state index contributed by atoms with van der Waals surface area (Å²) >= 11 is 7.77. The molecule has 108 valence electrons. The topological polar surface area (TPSA) is 41.1 Å². The fourth-order valence-corrected chi connectivity index (χ4v) is 3.89. The number of hydrogen-bond donors (Lipinski definition) is 2. The Morgan fingerprint density at radius 3 is 2.70 bits per heavy atom. The van der Waals surface area contributed by atoms with E-state index in [0.717, 1.165) is 17.7 Å². The minimum atomic E-state index is -0.0443. The number of carbonyl (C=O) groups excluding carboxylic acids is 1. The zero-order chi connectivity index (χ0) is 14.1. The number of fused-ring (bicyclic) bond motifs is 2. The number of halogens is 1. The first-order chi connectivity index (χ1) is 9.65. The third-order valence-electron chi connectivity index (χ3n) is 4.23. The van der Waals surface area contributed by atoms with Gasteiger partial charge >= 0.3 is 0 Å². The van der Waals surface area contributed by atoms with Gasteiger partial charge in [-0.25, -0.2) is 0 Å². The Hall–Kier alpha value is -0.710. The van der Waals surface area contributed by atoms with Crippen molar-refractivity contribution < 1.29 is 4.79 Å². The van der Waals surface area contributed by atoms with E-state index < -0.39 is 0 Å². The Morgan fingerprint density at radius 1 is 1.35 bits per heavy atom. The molecule has 0 aliphatic carbocycles. The summed E-state index contributed by atoms with van der Waals surface area (Å²) in [5.41, 5.74) is 0.587. The van der Waals surface area contributed by atoms with Gasteiger partial charge in [0, 0.05) is 23.0 Å². The lowest BCUT2D eigenvalue weighted by molar-refractivity contribution is 0.0924. The van der Waals surface area contributed by atoms with Crippen LogP contribution in [-0.2, 0) is 0 Å². The molecule has 20 heavy (non-hydrogen) atoms. The molecule has 2 saturated heterocycles. The van der Waals surface area contributed by atoms with E-state index in [1.807, 2.05) is 18.4 Å². The second kappa shape index (κ2) is 5.96. The first-order valence-electron chi connectivity index (χ1n) is 7.06. The Bertz CT molecular complexity index is 511. The average Bonchev–Trinajstić information content (AvgIpc) is 2.78. The van der Waals surface area contributed by atoms with Gasteiger partial charge in [0.2, 0.25) is 0 Å². The number of piperidine rings is 1. The van der Waals surface area contributed by atoms with E-state index in [0.29, 0.717) is 22.7 Å². The lowest BCUT2D eigenvalue weighted by atomic mass is 9.99. The van der Waals surface area contributed by atoms with Crippen LogP contribution in [0.4, 0.5) is 0 Å². The molecular formula is C15H19ClN2OS. The van der Waals surface area contributed by atoms with E-state index in [1.54, 1.807) is 17.8 Å². The number of thioether (sulfide) groups is 1. The van der Waals surface area contributed by atoms with Crippen molar-refractivity contribution >= 4 is 29.3 Å². The summed E-state index contributed by atoms with van der Waals surface area (Å²) in [6.07, 6.45) is 6.53. The molecule has 2 aliphatic rings. The fourth-order valence-electron chi connectivity index (χ4n) is 3.24. The summed E-state index contributed by atoms with van der Waals surface area (Å²) in [5.74, 6) is -0.0443. The molecule has 1 aromatic carbocycles. The molecular weight excluding hydrogens is 292 g/mol. The molecule has 0 saturated carbocycles. The molecule has 2 heterocycles. The Labute approximate surface area is 128 Å². The summed E-state index contributed by atoms with van der Waals surface area (Å²) < 4.78 is 0. The molecule has 2 fully saturated rings. The van der Waals surface area contributed by atoms with Crippen LogP contribution in [0.1, 0.15) is 36.0 Å². The summed E-state index contributed by atoms with van der Waals surface area (Å²) in [6.45, 7) is 0. The Kier molecular flexibility index (Phi) is 4.24. The zero-order valence-electron chi connectivity index (χ0n) is 11.5. The van der Waals surface area contributed by atoms with Gasteiger partial charge in [-0.2, -0.15) is 0 Å². The van der Waals surface area contributed by atoms with Crippen molar-refractivity contribution in [3.8, 4) is 0 Å². The van der Waals surface area contributed by atoms with Gasteiger partial charge in [0.15, 0.2) is 0 Å². The van der Waals surface area contributed by atoms with E-state index in [4.69, 9.17) is 11.6 Å². The Balaban J connectivity index is 1.70. The van der Waals surface area contributed by atoms with Crippen LogP contribution < -0.4 is 10.6 Å². The fraction of sp³-hybridized carbons (Fsp3) is 0.533. The quantitative estimate of drug-likeness (QED) is 0.843. The van der Waals surface area contributed by atoms with Gasteiger partial charge in [0.1, 0.15) is 0 Å². The van der Waals surface area contributed by atoms with Crippen LogP contribution in [0.15, 0.2) is 23.1 Å². The summed E-state index contributed by atoms with van der Waals surface area (Å²) in [5, 5.41) is 7.26. The monoisotopic (exact) mass is 310 g/mol. The number of amides is 1. The highest BCUT2D eigenvalue weighted by Crippen LogP contribution is 2.28. The minimum absolute atomic E-state index is 0.0443. The predicted octanol–water partition coefficient (Wildman–Crippen LogP) is 3.07. The molecule has 0 aromatic heterocycles. The summed E-state index contributed by atoms with van der Waals surface area (Å²) in [4.78, 5) is 13.5. The van der Waals surface area contributed by atoms with E-state index in [9.17, 15) is 4.79 Å². The summed E-state index contributed by atoms with van der Waals surface area (Å²) in [7, 11) is 0. The van der Waals surface area contributed by atoms with Gasteiger partial charge in [-0.3, -0.25) is 4.79 Å². The molecule has 3 nitrogen and oxygen atoms in total. The van der Waals surface area contributed by atoms with E-state index >= 15 is 0 Å². The molecule has 5 heteroatoms. The van der Waals surface area contributed by atoms with E-state index in [1.165, 1.54) is 12.8 Å². The second-order valence-corrected chi connectivity index (χ2v) is 6.91. The van der Waals surface area contributed by atoms with Crippen LogP contribution in [0, 0.1) is 0 Å². The lowest BCUT2D eigenvalue weighted by Gasteiger charge is -2.29. The van der Waals surface area contributed by atoms with Crippen molar-refractivity contribution in [1.29, 1.82) is 0 Å². The molecule has 2 atom stereocenters. The van der Waals surface area contributed by atoms with Crippen molar-refractivity contribution in [2.45, 2.75) is 48.7 Å². The third-order valence-corrected chi connectivity index (χ3v) is 5.28. The van der Waals surface area contributed by atoms with Crippen LogP contribution in [0.5, 0.6) is 0 Å². The molecule has 0 spiro atoms. The molecule has 2 bridgehead atoms. The maximum atomic E-state index is 12.4. The van der Waals surface area contributed by atoms with Gasteiger partial charge < -0.3 is 10.6 Å². The summed E-state index contributed by atoms with van der Waals surface area (Å²) in [6, 6.07) is 7.04.